The SMILES string of the molecule is CC(C)(C)OC(=O)C[C@H](CCc1ccccc1)C(=O)NC(CF)C(=O)NCc1ccc(C(=N)NC(=O)OCc2ccccc2)cc1.Cl.NC(=NC(=O)OCc1ccccc1)c1ccc(CNC(=O)C(CF)NC(=O)[C@H](N)CCc2ccccc2)cc1. The van der Waals surface area contributed by atoms with Gasteiger partial charge in [-0.25, -0.2) is 18.4 Å². The number of alkyl halides is 2. The van der Waals surface area contributed by atoms with Crippen LogP contribution in [-0.4, -0.2) is 90.5 Å². The number of halogens is 3. The first-order valence-electron chi connectivity index (χ1n) is 27.4. The first-order valence-corrected chi connectivity index (χ1v) is 27.4. The fraction of sp³-hybridized carbons (Fsp3) is 0.297. The number of hydrogen-bond acceptors (Lipinski definition) is 12. The zero-order valence-electron chi connectivity index (χ0n) is 48.1. The Labute approximate surface area is 505 Å². The summed E-state index contributed by atoms with van der Waals surface area (Å²) >= 11 is 0. The summed E-state index contributed by atoms with van der Waals surface area (Å²) in [5.41, 5.74) is 17.0. The lowest BCUT2D eigenvalue weighted by molar-refractivity contribution is -0.157. The van der Waals surface area contributed by atoms with Gasteiger partial charge >= 0.3 is 18.2 Å². The molecule has 0 radical (unpaired) electrons. The molecule has 6 aromatic carbocycles. The van der Waals surface area contributed by atoms with E-state index in [1.165, 1.54) is 0 Å². The summed E-state index contributed by atoms with van der Waals surface area (Å²) in [4.78, 5) is 91.1. The number of esters is 1. The molecule has 0 aliphatic heterocycles. The number of ether oxygens (including phenoxy) is 3. The van der Waals surface area contributed by atoms with Crippen molar-refractivity contribution in [2.24, 2.45) is 22.4 Å². The highest BCUT2D eigenvalue weighted by atomic mass is 35.5. The van der Waals surface area contributed by atoms with E-state index in [1.54, 1.807) is 69.3 Å². The van der Waals surface area contributed by atoms with Crippen molar-refractivity contribution < 1.29 is 56.6 Å². The molecule has 0 aliphatic carbocycles. The zero-order chi connectivity index (χ0) is 61.6. The summed E-state index contributed by atoms with van der Waals surface area (Å²) in [6, 6.07) is 46.7. The van der Waals surface area contributed by atoms with E-state index in [0.717, 1.165) is 22.3 Å². The summed E-state index contributed by atoms with van der Waals surface area (Å²) in [6.07, 6.45) is -0.0351. The molecule has 0 heterocycles. The summed E-state index contributed by atoms with van der Waals surface area (Å²) in [7, 11) is 0. The molecule has 0 spiro atoms. The van der Waals surface area contributed by atoms with E-state index in [4.69, 9.17) is 31.1 Å². The van der Waals surface area contributed by atoms with Crippen molar-refractivity contribution in [3.63, 3.8) is 0 Å². The first-order chi connectivity index (χ1) is 40.8. The van der Waals surface area contributed by atoms with Gasteiger partial charge in [0, 0.05) is 30.1 Å². The number of alkyl carbamates (subject to hydrolysis) is 1. The van der Waals surface area contributed by atoms with E-state index < -0.39 is 84.8 Å². The van der Waals surface area contributed by atoms with Crippen molar-refractivity contribution in [1.29, 1.82) is 5.41 Å². The third kappa shape index (κ3) is 25.7. The number of aliphatic imine (C=N–C) groups is 1. The number of benzene rings is 6. The van der Waals surface area contributed by atoms with Gasteiger partial charge in [0.25, 0.3) is 0 Å². The molecule has 0 aromatic heterocycles. The van der Waals surface area contributed by atoms with Gasteiger partial charge in [-0.2, -0.15) is 4.99 Å². The molecular weight excluding hydrogens is 1130 g/mol. The molecule has 0 fully saturated rings. The molecule has 0 saturated carbocycles. The number of amides is 6. The number of nitrogens with zero attached hydrogens (tertiary/aromatic N) is 1. The predicted octanol–water partition coefficient (Wildman–Crippen LogP) is 8.17. The minimum Gasteiger partial charge on any atom is -0.460 e. The van der Waals surface area contributed by atoms with Crippen LogP contribution in [0.5, 0.6) is 0 Å². The highest BCUT2D eigenvalue weighted by Crippen LogP contribution is 2.19. The lowest BCUT2D eigenvalue weighted by Gasteiger charge is -2.23. The Balaban J connectivity index is 0.000000369. The average Bonchev–Trinajstić information content (AvgIpc) is 3.59. The van der Waals surface area contributed by atoms with Gasteiger partial charge in [-0.3, -0.25) is 34.7 Å². The smallest absolute Gasteiger partial charge is 0.435 e. The molecule has 0 bridgehead atoms. The van der Waals surface area contributed by atoms with Gasteiger partial charge in [0.15, 0.2) is 0 Å². The topological polar surface area (TPSA) is 296 Å². The number of nitrogens with one attached hydrogen (secondary N) is 6. The van der Waals surface area contributed by atoms with Gasteiger partial charge in [-0.15, -0.1) is 12.4 Å². The second kappa shape index (κ2) is 36.4. The molecule has 2 unspecified atom stereocenters. The van der Waals surface area contributed by atoms with Crippen LogP contribution in [0.3, 0.4) is 0 Å². The lowest BCUT2D eigenvalue weighted by atomic mass is 9.95. The maximum absolute atomic E-state index is 14.0. The molecule has 4 atom stereocenters. The maximum Gasteiger partial charge on any atom is 0.435 e. The highest BCUT2D eigenvalue weighted by molar-refractivity contribution is 6.04. The minimum atomic E-state index is -1.45. The Morgan fingerprint density at radius 3 is 1.42 bits per heavy atom. The Hall–Kier alpha value is -9.34. The van der Waals surface area contributed by atoms with Gasteiger partial charge in [-0.05, 0) is 79.8 Å². The first kappa shape index (κ1) is 69.2. The lowest BCUT2D eigenvalue weighted by Crippen LogP contribution is -2.52. The molecule has 22 heteroatoms. The van der Waals surface area contributed by atoms with Crippen molar-refractivity contribution in [1.82, 2.24) is 26.6 Å². The van der Waals surface area contributed by atoms with E-state index >= 15 is 0 Å². The molecule has 0 saturated heterocycles. The van der Waals surface area contributed by atoms with Crippen molar-refractivity contribution in [2.45, 2.75) is 103 Å². The molecule has 6 rings (SSSR count). The monoisotopic (exact) mass is 1200 g/mol. The van der Waals surface area contributed by atoms with Crippen LogP contribution < -0.4 is 38.1 Å². The molecule has 86 heavy (non-hydrogen) atoms. The Kier molecular flexibility index (Phi) is 29.3. The standard InChI is InChI=1S/C35H41FN4O6.C29H32FN5O4.ClH/c1-35(2,3)46-30(41)20-28(19-14-24-10-6-4-7-11-24)32(42)39-29(21-36)33(43)38-22-25-15-17-27(18-16-25)31(37)40-34(44)45-23-26-12-8-5-9-13-26;30-17-25(34-27(36)24(31)16-13-20-7-3-1-4-8-20)28(37)33-18-21-11-14-23(15-12-21)26(32)35-29(38)39-19-22-9-5-2-6-10-22;/h4-13,15-18,28-29H,14,19-23H2,1-3H3,(H,38,43)(H,39,42)(H2,37,40,44);1-12,14-15,24-25H,13,16-19,31H2,(H,33,37)(H,34,36)(H2,32,35,38);1H/t28-,29?;24-,25?;/m01./s1. The molecular formula is C64H74ClF2N9O10. The van der Waals surface area contributed by atoms with Gasteiger partial charge in [0.1, 0.15) is 55.9 Å². The molecule has 6 amide bonds. The van der Waals surface area contributed by atoms with Gasteiger partial charge in [-0.1, -0.05) is 170 Å². The largest absolute Gasteiger partial charge is 0.460 e. The van der Waals surface area contributed by atoms with Crippen molar-refractivity contribution in [2.75, 3.05) is 13.3 Å². The number of hydrogen-bond donors (Lipinski definition) is 8. The number of rotatable bonds is 26. The number of carbonyl (C=O) groups is 7. The second-order valence-corrected chi connectivity index (χ2v) is 20.5. The van der Waals surface area contributed by atoms with E-state index in [2.05, 4.69) is 31.6 Å². The van der Waals surface area contributed by atoms with Gasteiger partial charge < -0.3 is 46.9 Å². The number of amidine groups is 2. The fourth-order valence-electron chi connectivity index (χ4n) is 7.97. The van der Waals surface area contributed by atoms with Crippen molar-refractivity contribution in [3.05, 3.63) is 214 Å². The maximum atomic E-state index is 14.0. The third-order valence-corrected chi connectivity index (χ3v) is 12.6. The van der Waals surface area contributed by atoms with E-state index in [9.17, 15) is 42.3 Å². The van der Waals surface area contributed by atoms with Crippen molar-refractivity contribution >= 4 is 65.9 Å². The van der Waals surface area contributed by atoms with Gasteiger partial charge in [0.05, 0.1) is 12.5 Å². The Morgan fingerprint density at radius 2 is 0.965 bits per heavy atom. The minimum absolute atomic E-state index is 0. The second-order valence-electron chi connectivity index (χ2n) is 20.5. The Bertz CT molecular complexity index is 3140. The molecule has 6 aromatic rings. The summed E-state index contributed by atoms with van der Waals surface area (Å²) in [5.74, 6) is -4.18. The normalized spacial score (nSPS) is 12.3. The fourth-order valence-corrected chi connectivity index (χ4v) is 7.97. The Morgan fingerprint density at radius 1 is 0.547 bits per heavy atom. The third-order valence-electron chi connectivity index (χ3n) is 12.6. The molecule has 10 N–H and O–H groups in total. The summed E-state index contributed by atoms with van der Waals surface area (Å²) in [6.45, 7) is 3.23. The highest BCUT2D eigenvalue weighted by Gasteiger charge is 2.30. The summed E-state index contributed by atoms with van der Waals surface area (Å²) < 4.78 is 43.1. The predicted molar refractivity (Wildman–Crippen MR) is 325 cm³/mol. The average molecular weight is 1200 g/mol. The quantitative estimate of drug-likeness (QED) is 0.0110. The molecule has 0 aliphatic rings. The molecule has 456 valence electrons. The van der Waals surface area contributed by atoms with Crippen LogP contribution >= 0.6 is 12.4 Å². The van der Waals surface area contributed by atoms with Crippen LogP contribution in [0.4, 0.5) is 18.4 Å². The van der Waals surface area contributed by atoms with E-state index in [0.29, 0.717) is 47.9 Å². The zero-order valence-corrected chi connectivity index (χ0v) is 48.9. The van der Waals surface area contributed by atoms with Crippen LogP contribution in [0.25, 0.3) is 0 Å². The van der Waals surface area contributed by atoms with Crippen LogP contribution in [0.15, 0.2) is 175 Å². The number of aryl methyl sites for hydroxylation is 2. The summed E-state index contributed by atoms with van der Waals surface area (Å²) in [5, 5.41) is 20.5. The van der Waals surface area contributed by atoms with Crippen LogP contribution in [0.2, 0.25) is 0 Å². The van der Waals surface area contributed by atoms with Crippen molar-refractivity contribution in [3.8, 4) is 0 Å². The van der Waals surface area contributed by atoms with E-state index in [-0.39, 0.29) is 56.8 Å². The van der Waals surface area contributed by atoms with Gasteiger partial charge in [0.2, 0.25) is 23.6 Å². The van der Waals surface area contributed by atoms with Crippen LogP contribution in [0.1, 0.15) is 84.5 Å². The van der Waals surface area contributed by atoms with Crippen LogP contribution in [0, 0.1) is 11.3 Å². The number of carbonyl (C=O) groups excluding carboxylic acids is 7. The molecule has 19 nitrogen and oxygen atoms in total. The van der Waals surface area contributed by atoms with E-state index in [1.807, 2.05) is 121 Å². The number of nitrogens with two attached hydrogens (primary N) is 2. The van der Waals surface area contributed by atoms with Crippen LogP contribution in [-0.2, 0) is 77.3 Å².